The molecule has 1 unspecified atom stereocenters. The van der Waals surface area contributed by atoms with Gasteiger partial charge in [0.1, 0.15) is 0 Å². The zero-order valence-corrected chi connectivity index (χ0v) is 11.8. The molecule has 2 nitrogen and oxygen atoms in total. The summed E-state index contributed by atoms with van der Waals surface area (Å²) < 4.78 is 0.850. The Hall–Kier alpha value is -0.830. The molecule has 0 aliphatic rings. The molecule has 0 N–H and O–H groups in total. The van der Waals surface area contributed by atoms with Gasteiger partial charge in [-0.1, -0.05) is 13.8 Å². The van der Waals surface area contributed by atoms with Crippen molar-refractivity contribution in [3.05, 3.63) is 28.2 Å². The van der Waals surface area contributed by atoms with Gasteiger partial charge in [-0.3, -0.25) is 4.79 Å². The number of halogens is 1. The van der Waals surface area contributed by atoms with Crippen LogP contribution in [0.4, 0.5) is 5.69 Å². The van der Waals surface area contributed by atoms with Crippen molar-refractivity contribution in [2.75, 3.05) is 11.9 Å². The average Bonchev–Trinajstić information content (AvgIpc) is 2.26. The summed E-state index contributed by atoms with van der Waals surface area (Å²) in [5.74, 6) is 0.592. The van der Waals surface area contributed by atoms with Gasteiger partial charge in [0.15, 0.2) is 6.29 Å². The second-order valence-electron chi connectivity index (χ2n) is 4.42. The van der Waals surface area contributed by atoms with Crippen molar-refractivity contribution in [3.63, 3.8) is 0 Å². The molecule has 0 amide bonds. The summed E-state index contributed by atoms with van der Waals surface area (Å²) in [7, 11) is 2.08. The van der Waals surface area contributed by atoms with E-state index in [1.54, 1.807) is 0 Å². The number of rotatable bonds is 4. The quantitative estimate of drug-likeness (QED) is 0.785. The topological polar surface area (TPSA) is 20.3 Å². The second kappa shape index (κ2) is 5.48. The number of carbonyl (C=O) groups is 1. The van der Waals surface area contributed by atoms with Gasteiger partial charge in [-0.05, 0) is 47.0 Å². The lowest BCUT2D eigenvalue weighted by Crippen LogP contribution is -2.33. The minimum absolute atomic E-state index is 0.467. The van der Waals surface area contributed by atoms with Crippen molar-refractivity contribution < 1.29 is 4.79 Å². The van der Waals surface area contributed by atoms with E-state index in [0.29, 0.717) is 17.5 Å². The fourth-order valence-corrected chi connectivity index (χ4v) is 1.97. The van der Waals surface area contributed by atoms with Gasteiger partial charge < -0.3 is 4.90 Å². The van der Waals surface area contributed by atoms with Gasteiger partial charge in [0.05, 0.1) is 0 Å². The van der Waals surface area contributed by atoms with Gasteiger partial charge in [0, 0.05) is 28.8 Å². The normalized spacial score (nSPS) is 12.6. The SMILES string of the molecule is CC(C)C(C)N(C)c1ccc(C=O)c(Br)c1. The van der Waals surface area contributed by atoms with Gasteiger partial charge >= 0.3 is 0 Å². The molecule has 0 aliphatic carbocycles. The summed E-state index contributed by atoms with van der Waals surface area (Å²) in [6.07, 6.45) is 0.861. The van der Waals surface area contributed by atoms with E-state index in [1.165, 1.54) is 0 Å². The minimum atomic E-state index is 0.467. The fourth-order valence-electron chi connectivity index (χ4n) is 1.51. The van der Waals surface area contributed by atoms with Crippen LogP contribution in [0.3, 0.4) is 0 Å². The molecule has 0 aliphatic heterocycles. The van der Waals surface area contributed by atoms with Crippen molar-refractivity contribution >= 4 is 27.9 Å². The maximum Gasteiger partial charge on any atom is 0.151 e. The van der Waals surface area contributed by atoms with E-state index in [0.717, 1.165) is 16.4 Å². The number of hydrogen-bond donors (Lipinski definition) is 0. The van der Waals surface area contributed by atoms with Crippen molar-refractivity contribution in [3.8, 4) is 0 Å². The molecule has 0 bridgehead atoms. The van der Waals surface area contributed by atoms with Crippen molar-refractivity contribution in [1.29, 1.82) is 0 Å². The van der Waals surface area contributed by atoms with Crippen LogP contribution in [0.5, 0.6) is 0 Å². The Bertz CT molecular complexity index is 376. The summed E-state index contributed by atoms with van der Waals surface area (Å²) in [5, 5.41) is 0. The molecule has 16 heavy (non-hydrogen) atoms. The van der Waals surface area contributed by atoms with Crippen molar-refractivity contribution in [2.45, 2.75) is 26.8 Å². The number of carbonyl (C=O) groups excluding carboxylic acids is 1. The first-order chi connectivity index (χ1) is 7.47. The van der Waals surface area contributed by atoms with E-state index in [4.69, 9.17) is 0 Å². The molecule has 0 radical (unpaired) electrons. The van der Waals surface area contributed by atoms with Crippen molar-refractivity contribution in [1.82, 2.24) is 0 Å². The second-order valence-corrected chi connectivity index (χ2v) is 5.27. The number of benzene rings is 1. The first-order valence-corrected chi connectivity index (χ1v) is 6.24. The summed E-state index contributed by atoms with van der Waals surface area (Å²) in [6, 6.07) is 6.28. The Morgan fingerprint density at radius 2 is 1.94 bits per heavy atom. The molecular formula is C13H18BrNO. The molecule has 0 saturated carbocycles. The van der Waals surface area contributed by atoms with Gasteiger partial charge in [-0.2, -0.15) is 0 Å². The number of nitrogens with zero attached hydrogens (tertiary/aromatic N) is 1. The third kappa shape index (κ3) is 2.85. The van der Waals surface area contributed by atoms with Gasteiger partial charge in [-0.25, -0.2) is 0 Å². The Morgan fingerprint density at radius 1 is 1.31 bits per heavy atom. The summed E-state index contributed by atoms with van der Waals surface area (Å²) in [4.78, 5) is 12.9. The van der Waals surface area contributed by atoms with E-state index >= 15 is 0 Å². The van der Waals surface area contributed by atoms with Crippen LogP contribution in [0, 0.1) is 5.92 Å². The highest BCUT2D eigenvalue weighted by atomic mass is 79.9. The van der Waals surface area contributed by atoms with E-state index in [-0.39, 0.29) is 0 Å². The van der Waals surface area contributed by atoms with Crippen molar-refractivity contribution in [2.24, 2.45) is 5.92 Å². The zero-order valence-electron chi connectivity index (χ0n) is 10.2. The van der Waals surface area contributed by atoms with Crippen LogP contribution in [-0.4, -0.2) is 19.4 Å². The molecule has 1 aromatic rings. The lowest BCUT2D eigenvalue weighted by molar-refractivity contribution is 0.112. The Balaban J connectivity index is 2.97. The molecule has 3 heteroatoms. The van der Waals surface area contributed by atoms with Gasteiger partial charge in [-0.15, -0.1) is 0 Å². The third-order valence-corrected chi connectivity index (χ3v) is 3.78. The number of hydrogen-bond acceptors (Lipinski definition) is 2. The van der Waals surface area contributed by atoms with Crippen LogP contribution in [0.1, 0.15) is 31.1 Å². The van der Waals surface area contributed by atoms with Crippen LogP contribution < -0.4 is 4.90 Å². The summed E-state index contributed by atoms with van der Waals surface area (Å²) in [6.45, 7) is 6.61. The third-order valence-electron chi connectivity index (χ3n) is 3.09. The van der Waals surface area contributed by atoms with Gasteiger partial charge in [0.25, 0.3) is 0 Å². The van der Waals surface area contributed by atoms with Crippen LogP contribution in [0.2, 0.25) is 0 Å². The number of anilines is 1. The van der Waals surface area contributed by atoms with Crippen LogP contribution in [-0.2, 0) is 0 Å². The highest BCUT2D eigenvalue weighted by molar-refractivity contribution is 9.10. The summed E-state index contributed by atoms with van der Waals surface area (Å²) in [5.41, 5.74) is 1.81. The van der Waals surface area contributed by atoms with Crippen LogP contribution in [0.25, 0.3) is 0 Å². The highest BCUT2D eigenvalue weighted by Gasteiger charge is 2.14. The van der Waals surface area contributed by atoms with Crippen LogP contribution >= 0.6 is 15.9 Å². The fraction of sp³-hybridized carbons (Fsp3) is 0.462. The molecule has 0 spiro atoms. The predicted octanol–water partition coefficient (Wildman–Crippen LogP) is 3.74. The summed E-state index contributed by atoms with van der Waals surface area (Å²) >= 11 is 3.40. The molecular weight excluding hydrogens is 266 g/mol. The first-order valence-electron chi connectivity index (χ1n) is 5.45. The highest BCUT2D eigenvalue weighted by Crippen LogP contribution is 2.25. The Labute approximate surface area is 106 Å². The molecule has 0 saturated heterocycles. The van der Waals surface area contributed by atoms with Crippen LogP contribution in [0.15, 0.2) is 22.7 Å². The molecule has 1 atom stereocenters. The van der Waals surface area contributed by atoms with Gasteiger partial charge in [0.2, 0.25) is 0 Å². The number of aldehydes is 1. The average molecular weight is 284 g/mol. The monoisotopic (exact) mass is 283 g/mol. The van der Waals surface area contributed by atoms with E-state index in [9.17, 15) is 4.79 Å². The zero-order chi connectivity index (χ0) is 12.3. The Kier molecular flexibility index (Phi) is 4.54. The van der Waals surface area contributed by atoms with E-state index in [2.05, 4.69) is 48.6 Å². The van der Waals surface area contributed by atoms with E-state index < -0.39 is 0 Å². The van der Waals surface area contributed by atoms with E-state index in [1.807, 2.05) is 18.2 Å². The molecule has 0 aromatic heterocycles. The smallest absolute Gasteiger partial charge is 0.151 e. The molecule has 1 aromatic carbocycles. The first kappa shape index (κ1) is 13.2. The molecule has 1 rings (SSSR count). The molecule has 0 fully saturated rings. The molecule has 88 valence electrons. The largest absolute Gasteiger partial charge is 0.372 e. The maximum atomic E-state index is 10.7. The minimum Gasteiger partial charge on any atom is -0.372 e. The lowest BCUT2D eigenvalue weighted by atomic mass is 10.0. The predicted molar refractivity (Wildman–Crippen MR) is 72.2 cm³/mol. The Morgan fingerprint density at radius 3 is 2.38 bits per heavy atom. The lowest BCUT2D eigenvalue weighted by Gasteiger charge is -2.30. The molecule has 0 heterocycles. The maximum absolute atomic E-state index is 10.7. The standard InChI is InChI=1S/C13H18BrNO/c1-9(2)10(3)15(4)12-6-5-11(8-16)13(14)7-12/h5-10H,1-4H3.